The van der Waals surface area contributed by atoms with E-state index >= 15 is 0 Å². The molecule has 0 aliphatic rings. The van der Waals surface area contributed by atoms with Crippen molar-refractivity contribution in [3.05, 3.63) is 57.8 Å². The Kier molecular flexibility index (Phi) is 5.82. The van der Waals surface area contributed by atoms with Crippen molar-refractivity contribution >= 4 is 11.3 Å². The maximum absolute atomic E-state index is 5.38. The van der Waals surface area contributed by atoms with Crippen LogP contribution in [0, 0.1) is 12.3 Å². The highest BCUT2D eigenvalue weighted by Gasteiger charge is 2.07. The van der Waals surface area contributed by atoms with Gasteiger partial charge in [0.05, 0.1) is 6.61 Å². The van der Waals surface area contributed by atoms with E-state index in [0.29, 0.717) is 0 Å². The second-order valence-electron chi connectivity index (χ2n) is 4.62. The summed E-state index contributed by atoms with van der Waals surface area (Å²) in [5.74, 6) is 2.65. The Morgan fingerprint density at radius 3 is 2.60 bits per heavy atom. The van der Waals surface area contributed by atoms with E-state index < -0.39 is 0 Å². The number of ether oxygens (including phenoxy) is 1. The highest BCUT2D eigenvalue weighted by atomic mass is 32.1. The molecule has 0 saturated carbocycles. The Morgan fingerprint density at radius 2 is 2.00 bits per heavy atom. The fourth-order valence-corrected chi connectivity index (χ4v) is 2.77. The maximum atomic E-state index is 5.38. The molecule has 0 unspecified atom stereocenters. The van der Waals surface area contributed by atoms with Gasteiger partial charge in [0.25, 0.3) is 0 Å². The first-order chi connectivity index (χ1) is 9.81. The van der Waals surface area contributed by atoms with Crippen LogP contribution in [0.25, 0.3) is 0 Å². The van der Waals surface area contributed by atoms with Gasteiger partial charge in [0.1, 0.15) is 0 Å². The normalized spacial score (nSPS) is 10.7. The molecule has 0 spiro atoms. The molecule has 0 radical (unpaired) electrons. The van der Waals surface area contributed by atoms with Gasteiger partial charge in [0.2, 0.25) is 0 Å². The number of terminal acetylenes is 1. The van der Waals surface area contributed by atoms with E-state index in [2.05, 4.69) is 40.5 Å². The SMILES string of the molecule is C#Cc1ccc(CN(CCOC)Cc2cccs2)cc1. The minimum atomic E-state index is 0.744. The van der Waals surface area contributed by atoms with Gasteiger partial charge in [-0.3, -0.25) is 4.90 Å². The third-order valence-corrected chi connectivity index (χ3v) is 3.96. The van der Waals surface area contributed by atoms with Crippen LogP contribution < -0.4 is 0 Å². The first-order valence-electron chi connectivity index (χ1n) is 6.61. The summed E-state index contributed by atoms with van der Waals surface area (Å²) in [4.78, 5) is 3.77. The van der Waals surface area contributed by atoms with Crippen LogP contribution in [0.5, 0.6) is 0 Å². The van der Waals surface area contributed by atoms with E-state index in [0.717, 1.165) is 31.8 Å². The molecule has 2 aromatic rings. The molecule has 0 aliphatic heterocycles. The zero-order chi connectivity index (χ0) is 14.2. The molecule has 3 heteroatoms. The molecule has 0 aliphatic carbocycles. The zero-order valence-electron chi connectivity index (χ0n) is 11.7. The maximum Gasteiger partial charge on any atom is 0.0589 e. The second-order valence-corrected chi connectivity index (χ2v) is 5.66. The lowest BCUT2D eigenvalue weighted by molar-refractivity contribution is 0.140. The minimum absolute atomic E-state index is 0.744. The molecular weight excluding hydrogens is 266 g/mol. The number of rotatable bonds is 7. The van der Waals surface area contributed by atoms with Crippen molar-refractivity contribution in [1.29, 1.82) is 0 Å². The van der Waals surface area contributed by atoms with E-state index in [1.54, 1.807) is 18.4 Å². The summed E-state index contributed by atoms with van der Waals surface area (Å²) in [6.45, 7) is 3.53. The number of methoxy groups -OCH3 is 1. The Balaban J connectivity index is 2.00. The molecule has 0 saturated heterocycles. The summed E-state index contributed by atoms with van der Waals surface area (Å²) < 4.78 is 5.20. The van der Waals surface area contributed by atoms with E-state index in [-0.39, 0.29) is 0 Å². The van der Waals surface area contributed by atoms with E-state index in [1.165, 1.54) is 10.4 Å². The Morgan fingerprint density at radius 1 is 1.20 bits per heavy atom. The summed E-state index contributed by atoms with van der Waals surface area (Å²) in [6, 6.07) is 12.5. The van der Waals surface area contributed by atoms with Gasteiger partial charge in [-0.2, -0.15) is 0 Å². The Bertz CT molecular complexity index is 539. The van der Waals surface area contributed by atoms with Gasteiger partial charge in [-0.15, -0.1) is 17.8 Å². The van der Waals surface area contributed by atoms with Crippen molar-refractivity contribution in [3.63, 3.8) is 0 Å². The molecule has 1 aromatic heterocycles. The lowest BCUT2D eigenvalue weighted by Gasteiger charge is -2.21. The number of hydrogen-bond acceptors (Lipinski definition) is 3. The predicted molar refractivity (Wildman–Crippen MR) is 84.7 cm³/mol. The summed E-state index contributed by atoms with van der Waals surface area (Å²) in [5, 5.41) is 2.12. The Hall–Kier alpha value is -1.60. The molecule has 2 nitrogen and oxygen atoms in total. The van der Waals surface area contributed by atoms with Crippen LogP contribution in [0.3, 0.4) is 0 Å². The highest BCUT2D eigenvalue weighted by molar-refractivity contribution is 7.09. The molecule has 1 aromatic carbocycles. The molecule has 0 bridgehead atoms. The molecule has 0 amide bonds. The largest absolute Gasteiger partial charge is 0.383 e. The van der Waals surface area contributed by atoms with E-state index in [4.69, 9.17) is 11.2 Å². The van der Waals surface area contributed by atoms with Crippen LogP contribution in [0.1, 0.15) is 16.0 Å². The van der Waals surface area contributed by atoms with Crippen LogP contribution in [-0.4, -0.2) is 25.2 Å². The van der Waals surface area contributed by atoms with Gasteiger partial charge in [-0.05, 0) is 29.1 Å². The second kappa shape index (κ2) is 7.86. The third-order valence-electron chi connectivity index (χ3n) is 3.10. The predicted octanol–water partition coefficient (Wildman–Crippen LogP) is 3.38. The average Bonchev–Trinajstić information content (AvgIpc) is 2.98. The molecule has 0 N–H and O–H groups in total. The third kappa shape index (κ3) is 4.50. The molecule has 0 fully saturated rings. The van der Waals surface area contributed by atoms with Crippen LogP contribution in [-0.2, 0) is 17.8 Å². The smallest absolute Gasteiger partial charge is 0.0589 e. The van der Waals surface area contributed by atoms with Crippen molar-refractivity contribution in [2.24, 2.45) is 0 Å². The van der Waals surface area contributed by atoms with Crippen LogP contribution in [0.4, 0.5) is 0 Å². The van der Waals surface area contributed by atoms with Gasteiger partial charge in [0.15, 0.2) is 0 Å². The van der Waals surface area contributed by atoms with Crippen molar-refractivity contribution in [1.82, 2.24) is 4.90 Å². The number of benzene rings is 1. The lowest BCUT2D eigenvalue weighted by Crippen LogP contribution is -2.26. The first kappa shape index (κ1) is 14.8. The van der Waals surface area contributed by atoms with E-state index in [1.807, 2.05) is 12.1 Å². The van der Waals surface area contributed by atoms with Crippen molar-refractivity contribution in [2.75, 3.05) is 20.3 Å². The fourth-order valence-electron chi connectivity index (χ4n) is 2.02. The van der Waals surface area contributed by atoms with E-state index in [9.17, 15) is 0 Å². The summed E-state index contributed by atoms with van der Waals surface area (Å²) >= 11 is 1.79. The highest BCUT2D eigenvalue weighted by Crippen LogP contribution is 2.14. The molecule has 0 atom stereocenters. The lowest BCUT2D eigenvalue weighted by atomic mass is 10.1. The monoisotopic (exact) mass is 285 g/mol. The van der Waals surface area contributed by atoms with Gasteiger partial charge < -0.3 is 4.74 Å². The summed E-state index contributed by atoms with van der Waals surface area (Å²) in [5.41, 5.74) is 2.20. The van der Waals surface area contributed by atoms with Gasteiger partial charge >= 0.3 is 0 Å². The average molecular weight is 285 g/mol. The van der Waals surface area contributed by atoms with Gasteiger partial charge in [-0.1, -0.05) is 24.1 Å². The molecular formula is C17H19NOS. The van der Waals surface area contributed by atoms with Gasteiger partial charge in [0, 0.05) is 37.2 Å². The fraction of sp³-hybridized carbons (Fsp3) is 0.294. The van der Waals surface area contributed by atoms with Crippen LogP contribution in [0.2, 0.25) is 0 Å². The van der Waals surface area contributed by atoms with Crippen molar-refractivity contribution in [3.8, 4) is 12.3 Å². The van der Waals surface area contributed by atoms with Crippen molar-refractivity contribution < 1.29 is 4.74 Å². The standard InChI is InChI=1S/C17H19NOS/c1-3-15-6-8-16(9-7-15)13-18(10-11-19-2)14-17-5-4-12-20-17/h1,4-9,12H,10-11,13-14H2,2H3. The van der Waals surface area contributed by atoms with Crippen LogP contribution >= 0.6 is 11.3 Å². The molecule has 2 rings (SSSR count). The van der Waals surface area contributed by atoms with Gasteiger partial charge in [-0.25, -0.2) is 0 Å². The topological polar surface area (TPSA) is 12.5 Å². The number of hydrogen-bond donors (Lipinski definition) is 0. The molecule has 20 heavy (non-hydrogen) atoms. The summed E-state index contributed by atoms with van der Waals surface area (Å²) in [6.07, 6.45) is 5.38. The number of nitrogens with zero attached hydrogens (tertiary/aromatic N) is 1. The molecule has 1 heterocycles. The minimum Gasteiger partial charge on any atom is -0.383 e. The zero-order valence-corrected chi connectivity index (χ0v) is 12.5. The Labute approximate surface area is 125 Å². The van der Waals surface area contributed by atoms with Crippen LogP contribution in [0.15, 0.2) is 41.8 Å². The summed E-state index contributed by atoms with van der Waals surface area (Å²) in [7, 11) is 1.74. The van der Waals surface area contributed by atoms with Crippen molar-refractivity contribution in [2.45, 2.75) is 13.1 Å². The quantitative estimate of drug-likeness (QED) is 0.723. The number of thiophene rings is 1. The first-order valence-corrected chi connectivity index (χ1v) is 7.49. The molecule has 104 valence electrons.